The van der Waals surface area contributed by atoms with Gasteiger partial charge in [-0.25, -0.2) is 4.99 Å². The van der Waals surface area contributed by atoms with E-state index in [4.69, 9.17) is 11.6 Å². The lowest BCUT2D eigenvalue weighted by Gasteiger charge is -2.12. The van der Waals surface area contributed by atoms with Crippen molar-refractivity contribution in [1.29, 1.82) is 0 Å². The topological polar surface area (TPSA) is 97.5 Å². The van der Waals surface area contributed by atoms with Crippen molar-refractivity contribution in [3.63, 3.8) is 0 Å². The van der Waals surface area contributed by atoms with Crippen LogP contribution in [0.15, 0.2) is 81.8 Å². The van der Waals surface area contributed by atoms with Gasteiger partial charge in [0.2, 0.25) is 0 Å². The van der Waals surface area contributed by atoms with Gasteiger partial charge in [0.25, 0.3) is 11.6 Å². The van der Waals surface area contributed by atoms with Crippen molar-refractivity contribution in [3.8, 4) is 0 Å². The SMILES string of the molecule is O=C(Nc1cccnc1)c1c(N=Cc2ccc(Sc3ccc(Cl)cc3)c([N+](=O)[O-])c2)sc2c1CCCC2. The molecule has 0 saturated heterocycles. The normalized spacial score (nSPS) is 12.9. The number of pyridine rings is 1. The predicted molar refractivity (Wildman–Crippen MR) is 149 cm³/mol. The summed E-state index contributed by atoms with van der Waals surface area (Å²) >= 11 is 8.76. The van der Waals surface area contributed by atoms with Gasteiger partial charge >= 0.3 is 0 Å². The first-order chi connectivity index (χ1) is 18.0. The molecule has 5 rings (SSSR count). The van der Waals surface area contributed by atoms with Crippen LogP contribution in [0.2, 0.25) is 5.02 Å². The van der Waals surface area contributed by atoms with Crippen LogP contribution in [0.4, 0.5) is 16.4 Å². The van der Waals surface area contributed by atoms with Gasteiger partial charge in [-0.05, 0) is 79.3 Å². The fourth-order valence-electron chi connectivity index (χ4n) is 4.11. The highest BCUT2D eigenvalue weighted by Gasteiger charge is 2.25. The second-order valence-electron chi connectivity index (χ2n) is 8.39. The molecule has 186 valence electrons. The summed E-state index contributed by atoms with van der Waals surface area (Å²) in [5.74, 6) is -0.222. The van der Waals surface area contributed by atoms with Gasteiger partial charge in [-0.2, -0.15) is 0 Å². The smallest absolute Gasteiger partial charge is 0.283 e. The summed E-state index contributed by atoms with van der Waals surface area (Å²) in [6, 6.07) is 15.7. The first-order valence-corrected chi connectivity index (χ1v) is 13.6. The van der Waals surface area contributed by atoms with Gasteiger partial charge in [0.1, 0.15) is 5.00 Å². The minimum absolute atomic E-state index is 0.0103. The molecule has 0 radical (unpaired) electrons. The van der Waals surface area contributed by atoms with Gasteiger partial charge < -0.3 is 5.32 Å². The van der Waals surface area contributed by atoms with Crippen molar-refractivity contribution >= 4 is 63.2 Å². The van der Waals surface area contributed by atoms with Crippen molar-refractivity contribution in [2.45, 2.75) is 35.5 Å². The van der Waals surface area contributed by atoms with E-state index in [1.165, 1.54) is 34.0 Å². The summed E-state index contributed by atoms with van der Waals surface area (Å²) in [6.07, 6.45) is 8.70. The van der Waals surface area contributed by atoms with E-state index in [9.17, 15) is 14.9 Å². The van der Waals surface area contributed by atoms with E-state index >= 15 is 0 Å². The predicted octanol–water partition coefficient (Wildman–Crippen LogP) is 7.74. The number of benzene rings is 2. The highest BCUT2D eigenvalue weighted by molar-refractivity contribution is 7.99. The van der Waals surface area contributed by atoms with Crippen LogP contribution in [0.1, 0.15) is 39.2 Å². The van der Waals surface area contributed by atoms with E-state index in [2.05, 4.69) is 15.3 Å². The third-order valence-electron chi connectivity index (χ3n) is 5.85. The quantitative estimate of drug-likeness (QED) is 0.145. The van der Waals surface area contributed by atoms with Crippen molar-refractivity contribution in [2.75, 3.05) is 5.32 Å². The highest BCUT2D eigenvalue weighted by Crippen LogP contribution is 2.40. The Bertz CT molecular complexity index is 1490. The lowest BCUT2D eigenvalue weighted by atomic mass is 9.95. The van der Waals surface area contributed by atoms with Gasteiger partial charge in [0.15, 0.2) is 0 Å². The Balaban J connectivity index is 1.44. The van der Waals surface area contributed by atoms with E-state index in [-0.39, 0.29) is 11.6 Å². The zero-order valence-electron chi connectivity index (χ0n) is 19.5. The Morgan fingerprint density at radius 1 is 1.16 bits per heavy atom. The van der Waals surface area contributed by atoms with Crippen molar-refractivity contribution in [3.05, 3.63) is 104 Å². The summed E-state index contributed by atoms with van der Waals surface area (Å²) in [5, 5.41) is 15.9. The van der Waals surface area contributed by atoms with Crippen LogP contribution in [-0.4, -0.2) is 22.0 Å². The second-order valence-corrected chi connectivity index (χ2v) is 11.0. The number of thiophene rings is 1. The highest BCUT2D eigenvalue weighted by atomic mass is 35.5. The van der Waals surface area contributed by atoms with Crippen molar-refractivity contribution in [1.82, 2.24) is 4.98 Å². The first kappa shape index (κ1) is 25.1. The minimum atomic E-state index is -0.397. The molecular weight excluding hydrogens is 528 g/mol. The van der Waals surface area contributed by atoms with Crippen LogP contribution in [0.25, 0.3) is 0 Å². The molecule has 4 aromatic rings. The average Bonchev–Trinajstić information content (AvgIpc) is 3.28. The number of anilines is 1. The summed E-state index contributed by atoms with van der Waals surface area (Å²) < 4.78 is 0. The molecule has 7 nitrogen and oxygen atoms in total. The zero-order chi connectivity index (χ0) is 25.8. The lowest BCUT2D eigenvalue weighted by Crippen LogP contribution is -2.14. The maximum Gasteiger partial charge on any atom is 0.283 e. The molecule has 0 fully saturated rings. The number of fused-ring (bicyclic) bond motifs is 1. The number of aromatic nitrogens is 1. The third kappa shape index (κ3) is 5.90. The van der Waals surface area contributed by atoms with Gasteiger partial charge in [0.05, 0.1) is 27.3 Å². The molecular formula is C27H21ClN4O3S2. The molecule has 2 aromatic carbocycles. The molecule has 0 saturated carbocycles. The molecule has 1 amide bonds. The average molecular weight is 549 g/mol. The number of nitro benzene ring substituents is 1. The number of rotatable bonds is 7. The number of hydrogen-bond donors (Lipinski definition) is 1. The third-order valence-corrected chi connectivity index (χ3v) is 8.38. The molecule has 2 aromatic heterocycles. The summed E-state index contributed by atoms with van der Waals surface area (Å²) in [7, 11) is 0. The molecule has 0 atom stereocenters. The Hall–Kier alpha value is -3.53. The van der Waals surface area contributed by atoms with Crippen LogP contribution in [0.5, 0.6) is 0 Å². The summed E-state index contributed by atoms with van der Waals surface area (Å²) in [5.41, 5.74) is 2.80. The standard InChI is InChI=1S/C27H21ClN4O3S2/c28-18-8-10-20(11-9-18)36-24-12-7-17(14-22(24)32(34)35)15-30-27-25(21-5-1-2-6-23(21)37-27)26(33)31-19-4-3-13-29-16-19/h3-4,7-16H,1-2,5-6H2,(H,31,33). The van der Waals surface area contributed by atoms with E-state index in [1.54, 1.807) is 55.0 Å². The molecule has 1 aliphatic carbocycles. The van der Waals surface area contributed by atoms with Gasteiger partial charge in [-0.1, -0.05) is 29.4 Å². The molecule has 37 heavy (non-hydrogen) atoms. The lowest BCUT2D eigenvalue weighted by molar-refractivity contribution is -0.387. The fraction of sp³-hybridized carbons (Fsp3) is 0.148. The molecule has 10 heteroatoms. The van der Waals surface area contributed by atoms with Crippen molar-refractivity contribution in [2.24, 2.45) is 4.99 Å². The number of nitrogens with one attached hydrogen (secondary N) is 1. The largest absolute Gasteiger partial charge is 0.320 e. The van der Waals surface area contributed by atoms with E-state index in [0.717, 1.165) is 36.1 Å². The van der Waals surface area contributed by atoms with E-state index in [1.807, 2.05) is 12.1 Å². The van der Waals surface area contributed by atoms with Crippen LogP contribution in [-0.2, 0) is 12.8 Å². The Morgan fingerprint density at radius 3 is 2.73 bits per heavy atom. The maximum atomic E-state index is 13.3. The second kappa shape index (κ2) is 11.2. The number of halogens is 1. The Labute approximate surface area is 226 Å². The number of carbonyl (C=O) groups excluding carboxylic acids is 1. The number of carbonyl (C=O) groups is 1. The monoisotopic (exact) mass is 548 g/mol. The van der Waals surface area contributed by atoms with E-state index in [0.29, 0.717) is 31.7 Å². The van der Waals surface area contributed by atoms with Crippen LogP contribution < -0.4 is 5.32 Å². The van der Waals surface area contributed by atoms with Crippen LogP contribution in [0, 0.1) is 10.1 Å². The maximum absolute atomic E-state index is 13.3. The number of nitro groups is 1. The molecule has 2 heterocycles. The molecule has 1 N–H and O–H groups in total. The fourth-order valence-corrected chi connectivity index (χ4v) is 6.37. The van der Waals surface area contributed by atoms with Crippen LogP contribution in [0.3, 0.4) is 0 Å². The molecule has 0 unspecified atom stereocenters. The van der Waals surface area contributed by atoms with E-state index < -0.39 is 4.92 Å². The van der Waals surface area contributed by atoms with Crippen molar-refractivity contribution < 1.29 is 9.72 Å². The number of aryl methyl sites for hydroxylation is 1. The number of amides is 1. The molecule has 1 aliphatic rings. The minimum Gasteiger partial charge on any atom is -0.320 e. The Kier molecular flexibility index (Phi) is 7.64. The first-order valence-electron chi connectivity index (χ1n) is 11.6. The van der Waals surface area contributed by atoms with Gasteiger partial charge in [-0.15, -0.1) is 11.3 Å². The summed E-state index contributed by atoms with van der Waals surface area (Å²) in [4.78, 5) is 35.9. The van der Waals surface area contributed by atoms with Crippen LogP contribution >= 0.6 is 34.7 Å². The number of aliphatic imine (C=N–C) groups is 1. The van der Waals surface area contributed by atoms with Gasteiger partial charge in [0, 0.05) is 33.3 Å². The number of hydrogen-bond acceptors (Lipinski definition) is 7. The zero-order valence-corrected chi connectivity index (χ0v) is 21.9. The Morgan fingerprint density at radius 2 is 1.97 bits per heavy atom. The molecule has 0 spiro atoms. The number of nitrogens with zero attached hydrogens (tertiary/aromatic N) is 3. The summed E-state index contributed by atoms with van der Waals surface area (Å²) in [6.45, 7) is 0. The molecule has 0 bridgehead atoms. The molecule has 0 aliphatic heterocycles. The van der Waals surface area contributed by atoms with Gasteiger partial charge in [-0.3, -0.25) is 19.9 Å².